The van der Waals surface area contributed by atoms with Crippen molar-refractivity contribution in [2.45, 2.75) is 38.8 Å². The molecule has 0 saturated carbocycles. The van der Waals surface area contributed by atoms with Crippen molar-refractivity contribution in [2.75, 3.05) is 26.7 Å². The van der Waals surface area contributed by atoms with Gasteiger partial charge in [-0.15, -0.1) is 0 Å². The van der Waals surface area contributed by atoms with Crippen LogP contribution in [0.15, 0.2) is 36.5 Å². The Bertz CT molecular complexity index is 755. The monoisotopic (exact) mass is 352 g/mol. The average molecular weight is 352 g/mol. The van der Waals surface area contributed by atoms with Gasteiger partial charge in [0.05, 0.1) is 17.5 Å². The molecule has 2 aliphatic rings. The van der Waals surface area contributed by atoms with Gasteiger partial charge in [0.25, 0.3) is 5.91 Å². The average Bonchev–Trinajstić information content (AvgIpc) is 3.29. The van der Waals surface area contributed by atoms with Crippen molar-refractivity contribution in [3.8, 4) is 0 Å². The van der Waals surface area contributed by atoms with Crippen LogP contribution in [-0.4, -0.2) is 52.2 Å². The largest absolute Gasteiger partial charge is 0.341 e. The molecule has 2 aliphatic heterocycles. The number of likely N-dealkylation sites (tertiary alicyclic amines) is 1. The number of hydrogen-bond acceptors (Lipinski definition) is 3. The molecule has 0 radical (unpaired) electrons. The number of nitrogens with zero attached hydrogens (tertiary/aromatic N) is 4. The lowest BCUT2D eigenvalue weighted by Crippen LogP contribution is -2.33. The summed E-state index contributed by atoms with van der Waals surface area (Å²) in [5.74, 6) is 0.689. The Hall–Kier alpha value is -2.14. The number of benzene rings is 1. The second-order valence-corrected chi connectivity index (χ2v) is 7.75. The van der Waals surface area contributed by atoms with Crippen molar-refractivity contribution < 1.29 is 4.79 Å². The van der Waals surface area contributed by atoms with E-state index in [-0.39, 0.29) is 5.91 Å². The molecule has 1 fully saturated rings. The minimum absolute atomic E-state index is 0.134. The smallest absolute Gasteiger partial charge is 0.257 e. The minimum Gasteiger partial charge on any atom is -0.341 e. The Kier molecular flexibility index (Phi) is 5.07. The fourth-order valence-electron chi connectivity index (χ4n) is 4.32. The first kappa shape index (κ1) is 17.3. The molecular formula is C21H28N4O. The molecule has 1 saturated heterocycles. The minimum atomic E-state index is 0.134. The van der Waals surface area contributed by atoms with Crippen LogP contribution in [0.1, 0.15) is 40.9 Å². The molecule has 5 heteroatoms. The van der Waals surface area contributed by atoms with Crippen molar-refractivity contribution in [3.05, 3.63) is 53.3 Å². The Morgan fingerprint density at radius 1 is 1.23 bits per heavy atom. The molecule has 0 N–H and O–H groups in total. The van der Waals surface area contributed by atoms with Crippen molar-refractivity contribution in [1.29, 1.82) is 0 Å². The van der Waals surface area contributed by atoms with E-state index in [0.717, 1.165) is 69.7 Å². The van der Waals surface area contributed by atoms with E-state index in [0.29, 0.717) is 5.92 Å². The highest BCUT2D eigenvalue weighted by molar-refractivity contribution is 5.95. The molecule has 2 aromatic rings. The first-order chi connectivity index (χ1) is 12.7. The van der Waals surface area contributed by atoms with Gasteiger partial charge in [0.2, 0.25) is 0 Å². The molecule has 1 aromatic heterocycles. The van der Waals surface area contributed by atoms with Crippen LogP contribution in [0.5, 0.6) is 0 Å². The highest BCUT2D eigenvalue weighted by Gasteiger charge is 2.27. The first-order valence-corrected chi connectivity index (χ1v) is 9.77. The first-order valence-electron chi connectivity index (χ1n) is 9.77. The predicted molar refractivity (Wildman–Crippen MR) is 102 cm³/mol. The van der Waals surface area contributed by atoms with Crippen molar-refractivity contribution >= 4 is 5.91 Å². The molecule has 1 unspecified atom stereocenters. The van der Waals surface area contributed by atoms with Crippen molar-refractivity contribution in [3.63, 3.8) is 0 Å². The summed E-state index contributed by atoms with van der Waals surface area (Å²) < 4.78 is 2.02. The third-order valence-electron chi connectivity index (χ3n) is 5.71. The third kappa shape index (κ3) is 3.68. The lowest BCUT2D eigenvalue weighted by molar-refractivity contribution is 0.0771. The SMILES string of the molecule is CN(CC1CCN(Cc2ccccc2)C1)C(=O)c1cnn2c1CCCC2. The number of aromatic nitrogens is 2. The van der Waals surface area contributed by atoms with Crippen LogP contribution < -0.4 is 0 Å². The second-order valence-electron chi connectivity index (χ2n) is 7.75. The standard InChI is InChI=1S/C21H28N4O/c1-23(21(26)19-13-22-25-11-6-5-9-20(19)25)14-18-10-12-24(16-18)15-17-7-3-2-4-8-17/h2-4,7-8,13,18H,5-6,9-12,14-16H2,1H3. The van der Waals surface area contributed by atoms with E-state index in [2.05, 4.69) is 40.3 Å². The van der Waals surface area contributed by atoms with E-state index in [9.17, 15) is 4.79 Å². The van der Waals surface area contributed by atoms with Crippen LogP contribution in [0.25, 0.3) is 0 Å². The maximum absolute atomic E-state index is 12.9. The summed E-state index contributed by atoms with van der Waals surface area (Å²) >= 11 is 0. The number of aryl methyl sites for hydroxylation is 1. The highest BCUT2D eigenvalue weighted by atomic mass is 16.2. The zero-order valence-electron chi connectivity index (χ0n) is 15.6. The third-order valence-corrected chi connectivity index (χ3v) is 5.71. The maximum atomic E-state index is 12.9. The van der Waals surface area contributed by atoms with Crippen LogP contribution in [0.3, 0.4) is 0 Å². The molecule has 3 heterocycles. The fraction of sp³-hybridized carbons (Fsp3) is 0.524. The van der Waals surface area contributed by atoms with E-state index >= 15 is 0 Å². The molecule has 1 amide bonds. The molecule has 0 spiro atoms. The van der Waals surface area contributed by atoms with E-state index in [4.69, 9.17) is 0 Å². The Balaban J connectivity index is 1.33. The zero-order chi connectivity index (χ0) is 17.9. The van der Waals surface area contributed by atoms with Gasteiger partial charge in [0, 0.05) is 33.2 Å². The number of fused-ring (bicyclic) bond motifs is 1. The predicted octanol–water partition coefficient (Wildman–Crippen LogP) is 2.81. The van der Waals surface area contributed by atoms with Gasteiger partial charge in [-0.1, -0.05) is 30.3 Å². The highest BCUT2D eigenvalue weighted by Crippen LogP contribution is 2.22. The summed E-state index contributed by atoms with van der Waals surface area (Å²) in [4.78, 5) is 17.3. The van der Waals surface area contributed by atoms with Gasteiger partial charge < -0.3 is 4.90 Å². The summed E-state index contributed by atoms with van der Waals surface area (Å²) in [5.41, 5.74) is 3.31. The Morgan fingerprint density at radius 2 is 2.08 bits per heavy atom. The van der Waals surface area contributed by atoms with Gasteiger partial charge in [0.1, 0.15) is 0 Å². The fourth-order valence-corrected chi connectivity index (χ4v) is 4.32. The summed E-state index contributed by atoms with van der Waals surface area (Å²) in [7, 11) is 1.94. The van der Waals surface area contributed by atoms with Crippen LogP contribution in [0.4, 0.5) is 0 Å². The number of carbonyl (C=O) groups is 1. The maximum Gasteiger partial charge on any atom is 0.257 e. The van der Waals surface area contributed by atoms with Crippen molar-refractivity contribution in [2.24, 2.45) is 5.92 Å². The number of hydrogen-bond donors (Lipinski definition) is 0. The Morgan fingerprint density at radius 3 is 2.92 bits per heavy atom. The van der Waals surface area contributed by atoms with Gasteiger partial charge in [-0.2, -0.15) is 5.10 Å². The normalized spacial score (nSPS) is 20.1. The second kappa shape index (κ2) is 7.62. The molecular weight excluding hydrogens is 324 g/mol. The molecule has 1 aromatic carbocycles. The number of carbonyl (C=O) groups excluding carboxylic acids is 1. The van der Waals surface area contributed by atoms with Gasteiger partial charge >= 0.3 is 0 Å². The molecule has 0 bridgehead atoms. The molecule has 5 nitrogen and oxygen atoms in total. The van der Waals surface area contributed by atoms with E-state index in [1.165, 1.54) is 5.56 Å². The summed E-state index contributed by atoms with van der Waals surface area (Å²) in [6, 6.07) is 10.6. The Labute approximate surface area is 155 Å². The van der Waals surface area contributed by atoms with Gasteiger partial charge in [-0.3, -0.25) is 14.4 Å². The lowest BCUT2D eigenvalue weighted by atomic mass is 10.0. The summed E-state index contributed by atoms with van der Waals surface area (Å²) in [6.45, 7) is 4.97. The summed E-state index contributed by atoms with van der Waals surface area (Å²) in [6.07, 6.45) is 6.24. The van der Waals surface area contributed by atoms with Gasteiger partial charge in [-0.05, 0) is 43.7 Å². The van der Waals surface area contributed by atoms with Crippen LogP contribution >= 0.6 is 0 Å². The van der Waals surface area contributed by atoms with Gasteiger partial charge in [0.15, 0.2) is 0 Å². The van der Waals surface area contributed by atoms with Crippen LogP contribution in [-0.2, 0) is 19.5 Å². The van der Waals surface area contributed by atoms with E-state index in [1.807, 2.05) is 16.6 Å². The molecule has 138 valence electrons. The molecule has 4 rings (SSSR count). The van der Waals surface area contributed by atoms with Gasteiger partial charge in [-0.25, -0.2) is 0 Å². The molecule has 0 aliphatic carbocycles. The quantitative estimate of drug-likeness (QED) is 0.831. The topological polar surface area (TPSA) is 41.4 Å². The van der Waals surface area contributed by atoms with Crippen molar-refractivity contribution in [1.82, 2.24) is 19.6 Å². The van der Waals surface area contributed by atoms with Crippen LogP contribution in [0, 0.1) is 5.92 Å². The summed E-state index contributed by atoms with van der Waals surface area (Å²) in [5, 5.41) is 4.41. The zero-order valence-corrected chi connectivity index (χ0v) is 15.6. The molecule has 26 heavy (non-hydrogen) atoms. The number of rotatable bonds is 5. The van der Waals surface area contributed by atoms with E-state index in [1.54, 1.807) is 6.20 Å². The lowest BCUT2D eigenvalue weighted by Gasteiger charge is -2.23. The molecule has 1 atom stereocenters. The number of amides is 1. The van der Waals surface area contributed by atoms with E-state index < -0.39 is 0 Å². The van der Waals surface area contributed by atoms with Crippen LogP contribution in [0.2, 0.25) is 0 Å².